The van der Waals surface area contributed by atoms with Gasteiger partial charge in [-0.2, -0.15) is 10.2 Å². The Kier molecular flexibility index (Phi) is 4.32. The summed E-state index contributed by atoms with van der Waals surface area (Å²) in [6, 6.07) is 6.59. The second-order valence-corrected chi connectivity index (χ2v) is 7.55. The fourth-order valence-electron chi connectivity index (χ4n) is 1.86. The van der Waals surface area contributed by atoms with Gasteiger partial charge in [-0.1, -0.05) is 6.07 Å². The van der Waals surface area contributed by atoms with Crippen LogP contribution in [0, 0.1) is 0 Å². The lowest BCUT2D eigenvalue weighted by Gasteiger charge is -2.03. The largest absolute Gasteiger partial charge is 0.283 e. The van der Waals surface area contributed by atoms with Crippen molar-refractivity contribution in [2.45, 2.75) is 0 Å². The molecule has 0 saturated carbocycles. The highest BCUT2D eigenvalue weighted by Gasteiger charge is 2.14. The van der Waals surface area contributed by atoms with Gasteiger partial charge in [0.05, 0.1) is 29.2 Å². The molecule has 0 aromatic carbocycles. The van der Waals surface area contributed by atoms with Crippen LogP contribution >= 0.6 is 11.3 Å². The van der Waals surface area contributed by atoms with Gasteiger partial charge >= 0.3 is 0 Å². The van der Waals surface area contributed by atoms with E-state index in [0.29, 0.717) is 5.69 Å². The smallest absolute Gasteiger partial charge is 0.266 e. The van der Waals surface area contributed by atoms with E-state index in [0.717, 1.165) is 21.7 Å². The summed E-state index contributed by atoms with van der Waals surface area (Å²) in [5.74, 6) is -0.776. The van der Waals surface area contributed by atoms with Gasteiger partial charge in [0.25, 0.3) is 5.91 Å². The molecule has 0 unspecified atom stereocenters. The van der Waals surface area contributed by atoms with Crippen molar-refractivity contribution in [2.24, 2.45) is 0 Å². The molecule has 0 aliphatic rings. The molecule has 10 heteroatoms. The van der Waals surface area contributed by atoms with Crippen molar-refractivity contribution in [1.29, 1.82) is 0 Å². The second-order valence-electron chi connectivity index (χ2n) is 4.77. The van der Waals surface area contributed by atoms with Gasteiger partial charge in [-0.05, 0) is 18.2 Å². The summed E-state index contributed by atoms with van der Waals surface area (Å²) in [5.41, 5.74) is 1.37. The second kappa shape index (κ2) is 6.42. The summed E-state index contributed by atoms with van der Waals surface area (Å²) in [5, 5.41) is 8.27. The van der Waals surface area contributed by atoms with Crippen molar-refractivity contribution in [3.8, 4) is 21.1 Å². The van der Waals surface area contributed by atoms with Gasteiger partial charge in [0.15, 0.2) is 0 Å². The molecule has 0 radical (unpaired) electrons. The molecular formula is C14H11N5O3S2. The number of aromatic nitrogens is 4. The summed E-state index contributed by atoms with van der Waals surface area (Å²) in [6.45, 7) is 0. The van der Waals surface area contributed by atoms with Crippen molar-refractivity contribution in [2.75, 3.05) is 6.26 Å². The van der Waals surface area contributed by atoms with Gasteiger partial charge in [0.1, 0.15) is 10.7 Å². The highest BCUT2D eigenvalue weighted by Crippen LogP contribution is 2.30. The summed E-state index contributed by atoms with van der Waals surface area (Å²) in [6.07, 6.45) is 5.73. The highest BCUT2D eigenvalue weighted by molar-refractivity contribution is 7.89. The zero-order valence-electron chi connectivity index (χ0n) is 12.4. The fraction of sp³-hybridized carbons (Fsp3) is 0.0714. The Bertz CT molecular complexity index is 986. The van der Waals surface area contributed by atoms with Crippen LogP contribution in [-0.4, -0.2) is 40.7 Å². The van der Waals surface area contributed by atoms with Crippen LogP contribution in [-0.2, 0) is 10.0 Å². The van der Waals surface area contributed by atoms with E-state index in [1.165, 1.54) is 17.4 Å². The van der Waals surface area contributed by atoms with Crippen molar-refractivity contribution in [1.82, 2.24) is 24.9 Å². The molecule has 1 N–H and O–H groups in total. The average molecular weight is 361 g/mol. The Labute approximate surface area is 141 Å². The number of hydrogen-bond acceptors (Lipinski definition) is 8. The minimum atomic E-state index is -3.64. The Hall–Kier alpha value is -2.72. The van der Waals surface area contributed by atoms with E-state index in [1.807, 2.05) is 4.72 Å². The normalized spacial score (nSPS) is 11.2. The molecule has 0 fully saturated rings. The lowest BCUT2D eigenvalue weighted by molar-refractivity contribution is 0.0977. The first kappa shape index (κ1) is 16.1. The lowest BCUT2D eigenvalue weighted by atomic mass is 10.3. The predicted octanol–water partition coefficient (Wildman–Crippen LogP) is 1.35. The molecule has 24 heavy (non-hydrogen) atoms. The minimum Gasteiger partial charge on any atom is -0.266 e. The molecule has 0 bridgehead atoms. The number of hydrogen-bond donors (Lipinski definition) is 1. The molecule has 122 valence electrons. The van der Waals surface area contributed by atoms with E-state index in [1.54, 1.807) is 36.8 Å². The summed E-state index contributed by atoms with van der Waals surface area (Å²) < 4.78 is 24.2. The van der Waals surface area contributed by atoms with Crippen LogP contribution in [0.25, 0.3) is 21.1 Å². The number of rotatable bonds is 4. The Morgan fingerprint density at radius 2 is 2.00 bits per heavy atom. The van der Waals surface area contributed by atoms with Crippen molar-refractivity contribution in [3.63, 3.8) is 0 Å². The predicted molar refractivity (Wildman–Crippen MR) is 88.7 cm³/mol. The van der Waals surface area contributed by atoms with E-state index >= 15 is 0 Å². The van der Waals surface area contributed by atoms with Gasteiger partial charge in [0.2, 0.25) is 10.0 Å². The summed E-state index contributed by atoms with van der Waals surface area (Å²) >= 11 is 1.38. The third kappa shape index (κ3) is 3.78. The maximum atomic E-state index is 11.9. The molecule has 0 aliphatic carbocycles. The van der Waals surface area contributed by atoms with Crippen LogP contribution in [0.4, 0.5) is 0 Å². The van der Waals surface area contributed by atoms with E-state index in [4.69, 9.17) is 0 Å². The average Bonchev–Trinajstić information content (AvgIpc) is 3.04. The van der Waals surface area contributed by atoms with E-state index in [-0.39, 0.29) is 5.69 Å². The molecule has 3 heterocycles. The number of sulfonamides is 1. The first-order chi connectivity index (χ1) is 11.4. The third-order valence-corrected chi connectivity index (χ3v) is 4.47. The van der Waals surface area contributed by atoms with Crippen molar-refractivity contribution >= 4 is 27.3 Å². The van der Waals surface area contributed by atoms with Crippen LogP contribution in [0.5, 0.6) is 0 Å². The van der Waals surface area contributed by atoms with Gasteiger partial charge in [-0.3, -0.25) is 4.79 Å². The maximum Gasteiger partial charge on any atom is 0.283 e. The molecule has 0 aliphatic heterocycles. The molecular weight excluding hydrogens is 350 g/mol. The van der Waals surface area contributed by atoms with E-state index in [2.05, 4.69) is 20.2 Å². The molecule has 3 aromatic rings. The molecule has 0 atom stereocenters. The molecule has 1 amide bonds. The maximum absolute atomic E-state index is 11.9. The van der Waals surface area contributed by atoms with Gasteiger partial charge in [-0.15, -0.1) is 11.3 Å². The van der Waals surface area contributed by atoms with Crippen molar-refractivity contribution < 1.29 is 13.2 Å². The molecule has 3 rings (SSSR count). The lowest BCUT2D eigenvalue weighted by Crippen LogP contribution is -2.30. The van der Waals surface area contributed by atoms with Crippen LogP contribution in [0.3, 0.4) is 0 Å². The number of carbonyl (C=O) groups excluding carboxylic acids is 1. The first-order valence-electron chi connectivity index (χ1n) is 6.65. The quantitative estimate of drug-likeness (QED) is 0.746. The first-order valence-corrected chi connectivity index (χ1v) is 9.35. The van der Waals surface area contributed by atoms with E-state index < -0.39 is 15.9 Å². The number of pyridine rings is 1. The van der Waals surface area contributed by atoms with Gasteiger partial charge < -0.3 is 0 Å². The SMILES string of the molecule is CS(=O)(=O)NC(=O)c1cccc(-c2cnc(-c3ccnnc3)s2)n1. The Balaban J connectivity index is 1.90. The standard InChI is InChI=1S/C14H11N5O3S2/c1-24(21,22)19-13(20)11-4-2-3-10(18-11)12-8-15-14(23-12)9-5-6-16-17-7-9/h2-8H,1H3,(H,19,20). The molecule has 0 spiro atoms. The van der Waals surface area contributed by atoms with Crippen LogP contribution in [0.2, 0.25) is 0 Å². The Morgan fingerprint density at radius 1 is 1.17 bits per heavy atom. The van der Waals surface area contributed by atoms with Gasteiger partial charge in [-0.25, -0.2) is 23.1 Å². The number of carbonyl (C=O) groups is 1. The topological polar surface area (TPSA) is 115 Å². The molecule has 0 saturated heterocycles. The number of amides is 1. The zero-order chi connectivity index (χ0) is 17.2. The number of thiazole rings is 1. The van der Waals surface area contributed by atoms with Crippen LogP contribution in [0.1, 0.15) is 10.5 Å². The zero-order valence-corrected chi connectivity index (χ0v) is 14.0. The van der Waals surface area contributed by atoms with E-state index in [9.17, 15) is 13.2 Å². The van der Waals surface area contributed by atoms with Crippen LogP contribution in [0.15, 0.2) is 42.9 Å². The number of nitrogens with one attached hydrogen (secondary N) is 1. The number of nitrogens with zero attached hydrogens (tertiary/aromatic N) is 4. The minimum absolute atomic E-state index is 0.0125. The highest BCUT2D eigenvalue weighted by atomic mass is 32.2. The van der Waals surface area contributed by atoms with Crippen LogP contribution < -0.4 is 4.72 Å². The Morgan fingerprint density at radius 3 is 2.71 bits per heavy atom. The monoisotopic (exact) mass is 361 g/mol. The van der Waals surface area contributed by atoms with Gasteiger partial charge in [0, 0.05) is 11.8 Å². The molecule has 3 aromatic heterocycles. The molecule has 8 nitrogen and oxygen atoms in total. The summed E-state index contributed by atoms with van der Waals surface area (Å²) in [7, 11) is -3.64. The summed E-state index contributed by atoms with van der Waals surface area (Å²) in [4.78, 5) is 21.1. The third-order valence-electron chi connectivity index (χ3n) is 2.85. The van der Waals surface area contributed by atoms with Crippen molar-refractivity contribution in [3.05, 3.63) is 48.5 Å². The fourth-order valence-corrected chi connectivity index (χ4v) is 3.18.